The van der Waals surface area contributed by atoms with E-state index < -0.39 is 0 Å². The van der Waals surface area contributed by atoms with Crippen LogP contribution in [0.25, 0.3) is 0 Å². The number of allylic oxidation sites excluding steroid dienone is 2. The fourth-order valence-corrected chi connectivity index (χ4v) is 1.66. The van der Waals surface area contributed by atoms with Gasteiger partial charge >= 0.3 is 0 Å². The number of quaternary nitrogens is 1. The normalized spacial score (nSPS) is 23.6. The van der Waals surface area contributed by atoms with E-state index in [1.807, 2.05) is 4.99 Å². The second-order valence-electron chi connectivity index (χ2n) is 2.73. The number of fused-ring (bicyclic) bond motifs is 1. The molecule has 4 heteroatoms. The zero-order chi connectivity index (χ0) is 7.68. The molecule has 0 bridgehead atoms. The Bertz CT molecular complexity index is 256. The van der Waals surface area contributed by atoms with Crippen LogP contribution in [-0.4, -0.2) is 18.0 Å². The predicted octanol–water partition coefficient (Wildman–Crippen LogP) is -2.48. The van der Waals surface area contributed by atoms with Crippen molar-refractivity contribution in [2.45, 2.75) is 0 Å². The van der Waals surface area contributed by atoms with E-state index >= 15 is 0 Å². The van der Waals surface area contributed by atoms with E-state index in [-0.39, 0.29) is 17.0 Å². The Morgan fingerprint density at radius 1 is 1.58 bits per heavy atom. The Labute approximate surface area is 90.9 Å². The minimum Gasteiger partial charge on any atom is -1.00 e. The number of hydrogen-bond donors (Lipinski definition) is 1. The molecule has 0 amide bonds. The molecule has 12 heavy (non-hydrogen) atoms. The van der Waals surface area contributed by atoms with Crippen molar-refractivity contribution >= 4 is 15.9 Å². The van der Waals surface area contributed by atoms with Gasteiger partial charge in [0, 0.05) is 17.6 Å². The van der Waals surface area contributed by atoms with Gasteiger partial charge in [-0.15, -0.1) is 0 Å². The Balaban J connectivity index is 0.000000720. The van der Waals surface area contributed by atoms with Gasteiger partial charge in [-0.3, -0.25) is 5.32 Å². The van der Waals surface area contributed by atoms with Crippen LogP contribution in [0.2, 0.25) is 0 Å². The first-order chi connectivity index (χ1) is 5.40. The highest BCUT2D eigenvalue weighted by molar-refractivity contribution is 9.11. The van der Waals surface area contributed by atoms with Gasteiger partial charge in [0.2, 0.25) is 5.82 Å². The van der Waals surface area contributed by atoms with E-state index in [1.165, 1.54) is 11.5 Å². The van der Waals surface area contributed by atoms with Crippen molar-refractivity contribution in [1.82, 2.24) is 4.90 Å². The number of nitrogens with zero attached hydrogens (tertiary/aromatic N) is 1. The molecule has 1 fully saturated rings. The third-order valence-electron chi connectivity index (χ3n) is 1.94. The first-order valence-electron chi connectivity index (χ1n) is 3.66. The Morgan fingerprint density at radius 3 is 3.08 bits per heavy atom. The first kappa shape index (κ1) is 10.0. The number of hydrogen-bond acceptors (Lipinski definition) is 1. The minimum atomic E-state index is 0. The number of nitrogens with two attached hydrogens (primary N) is 1. The Morgan fingerprint density at radius 2 is 2.42 bits per heavy atom. The third-order valence-corrected chi connectivity index (χ3v) is 2.53. The minimum absolute atomic E-state index is 0. The molecule has 2 aliphatic rings. The highest BCUT2D eigenvalue weighted by Gasteiger charge is 2.25. The molecule has 0 aromatic rings. The van der Waals surface area contributed by atoms with Crippen molar-refractivity contribution in [2.24, 2.45) is 0 Å². The average molecular weight is 294 g/mol. The van der Waals surface area contributed by atoms with Crippen LogP contribution in [-0.2, 0) is 0 Å². The molecular formula is C8H10Br2N2. The van der Waals surface area contributed by atoms with Gasteiger partial charge in [0.15, 0.2) is 0 Å². The average Bonchev–Trinajstić information content (AvgIpc) is 2.46. The second-order valence-corrected chi connectivity index (χ2v) is 3.19. The molecule has 2 aliphatic heterocycles. The summed E-state index contributed by atoms with van der Waals surface area (Å²) >= 11 is 3.34. The van der Waals surface area contributed by atoms with Crippen molar-refractivity contribution < 1.29 is 22.3 Å². The van der Waals surface area contributed by atoms with Crippen molar-refractivity contribution in [3.8, 4) is 0 Å². The van der Waals surface area contributed by atoms with E-state index in [1.54, 1.807) is 0 Å². The van der Waals surface area contributed by atoms with Gasteiger partial charge in [0.1, 0.15) is 5.70 Å². The van der Waals surface area contributed by atoms with Crippen molar-refractivity contribution in [3.63, 3.8) is 0 Å². The molecule has 0 aromatic carbocycles. The predicted molar refractivity (Wildman–Crippen MR) is 47.7 cm³/mol. The van der Waals surface area contributed by atoms with Crippen molar-refractivity contribution in [3.05, 3.63) is 34.7 Å². The van der Waals surface area contributed by atoms with Crippen molar-refractivity contribution in [1.29, 1.82) is 0 Å². The lowest BCUT2D eigenvalue weighted by molar-refractivity contribution is -0.549. The monoisotopic (exact) mass is 292 g/mol. The standard InChI is InChI=1S/C8H9BrN2.BrH/c9-5-7-6-11-4-2-1-3-8(11)10-7;/h1-3,5,10H,4,6H2;1H. The van der Waals surface area contributed by atoms with Crippen LogP contribution < -0.4 is 22.3 Å². The molecule has 0 atom stereocenters. The van der Waals surface area contributed by atoms with Crippen LogP contribution in [0.5, 0.6) is 0 Å². The smallest absolute Gasteiger partial charge is 0.206 e. The van der Waals surface area contributed by atoms with Crippen molar-refractivity contribution in [2.75, 3.05) is 13.1 Å². The molecule has 0 spiro atoms. The lowest BCUT2D eigenvalue weighted by atomic mass is 10.3. The van der Waals surface area contributed by atoms with Crippen LogP contribution in [0.15, 0.2) is 34.7 Å². The van der Waals surface area contributed by atoms with Crippen LogP contribution in [0.4, 0.5) is 0 Å². The number of rotatable bonds is 0. The zero-order valence-electron chi connectivity index (χ0n) is 6.50. The maximum absolute atomic E-state index is 3.34. The zero-order valence-corrected chi connectivity index (χ0v) is 9.68. The molecule has 0 aliphatic carbocycles. The van der Waals surface area contributed by atoms with Crippen LogP contribution in [0, 0.1) is 0 Å². The third kappa shape index (κ3) is 1.81. The Kier molecular flexibility index (Phi) is 3.55. The SMILES string of the molecule is BrC=C1CN2CC=CC=C2[NH2+]1.[Br-]. The molecule has 2 heterocycles. The molecule has 2 rings (SSSR count). The second kappa shape index (κ2) is 4.25. The summed E-state index contributed by atoms with van der Waals surface area (Å²) in [6.07, 6.45) is 6.43. The summed E-state index contributed by atoms with van der Waals surface area (Å²) in [5.41, 5.74) is 1.35. The largest absolute Gasteiger partial charge is 1.00 e. The van der Waals surface area contributed by atoms with Gasteiger partial charge in [0.25, 0.3) is 0 Å². The van der Waals surface area contributed by atoms with Crippen LogP contribution >= 0.6 is 15.9 Å². The van der Waals surface area contributed by atoms with E-state index in [0.29, 0.717) is 0 Å². The van der Waals surface area contributed by atoms with Crippen LogP contribution in [0.1, 0.15) is 0 Å². The maximum Gasteiger partial charge on any atom is 0.206 e. The van der Waals surface area contributed by atoms with E-state index in [0.717, 1.165) is 13.1 Å². The summed E-state index contributed by atoms with van der Waals surface area (Å²) in [6, 6.07) is 0. The lowest BCUT2D eigenvalue weighted by Crippen LogP contribution is -3.00. The van der Waals surface area contributed by atoms with E-state index in [2.05, 4.69) is 44.4 Å². The van der Waals surface area contributed by atoms with Gasteiger partial charge in [-0.05, 0) is 0 Å². The number of halogens is 2. The molecule has 0 radical (unpaired) electrons. The summed E-state index contributed by atoms with van der Waals surface area (Å²) in [6.45, 7) is 2.09. The fourth-order valence-electron chi connectivity index (χ4n) is 1.38. The molecule has 66 valence electrons. The fraction of sp³-hybridized carbons (Fsp3) is 0.250. The van der Waals surface area contributed by atoms with Gasteiger partial charge in [-0.25, -0.2) is 0 Å². The summed E-state index contributed by atoms with van der Waals surface area (Å²) in [5.74, 6) is 1.33. The molecule has 2 N–H and O–H groups in total. The van der Waals surface area contributed by atoms with Gasteiger partial charge in [-0.2, -0.15) is 0 Å². The molecule has 1 saturated heterocycles. The molecule has 0 aromatic heterocycles. The summed E-state index contributed by atoms with van der Waals surface area (Å²) < 4.78 is 0. The highest BCUT2D eigenvalue weighted by atomic mass is 79.9. The summed E-state index contributed by atoms with van der Waals surface area (Å²) in [5, 5.41) is 2.21. The van der Waals surface area contributed by atoms with Gasteiger partial charge in [0.05, 0.1) is 6.54 Å². The van der Waals surface area contributed by atoms with Gasteiger partial charge < -0.3 is 21.9 Å². The van der Waals surface area contributed by atoms with Crippen LogP contribution in [0.3, 0.4) is 0 Å². The molecule has 0 unspecified atom stereocenters. The summed E-state index contributed by atoms with van der Waals surface area (Å²) in [4.78, 5) is 4.33. The quantitative estimate of drug-likeness (QED) is 0.524. The first-order valence-corrected chi connectivity index (χ1v) is 4.57. The molecule has 2 nitrogen and oxygen atoms in total. The molecule has 0 saturated carbocycles. The maximum atomic E-state index is 3.34. The Hall–Kier alpha value is -0.0600. The lowest BCUT2D eigenvalue weighted by Gasteiger charge is -2.13. The van der Waals surface area contributed by atoms with Gasteiger partial charge in [-0.1, -0.05) is 28.1 Å². The topological polar surface area (TPSA) is 19.9 Å². The van der Waals surface area contributed by atoms with E-state index in [4.69, 9.17) is 0 Å². The molecular weight excluding hydrogens is 284 g/mol. The summed E-state index contributed by atoms with van der Waals surface area (Å²) in [7, 11) is 0. The van der Waals surface area contributed by atoms with E-state index in [9.17, 15) is 0 Å². The highest BCUT2D eigenvalue weighted by Crippen LogP contribution is 2.10.